The lowest BCUT2D eigenvalue weighted by atomic mass is 10.4. The van der Waals surface area contributed by atoms with E-state index < -0.39 is 0 Å². The summed E-state index contributed by atoms with van der Waals surface area (Å²) in [5.74, 6) is 0.413. The highest BCUT2D eigenvalue weighted by molar-refractivity contribution is 5.90. The quantitative estimate of drug-likeness (QED) is 0.698. The minimum Gasteiger partial charge on any atom is -0.342 e. The maximum absolute atomic E-state index is 11.7. The Morgan fingerprint density at radius 3 is 2.62 bits per heavy atom. The molecule has 0 aliphatic heterocycles. The molecule has 6 heteroatoms. The molecule has 2 aromatic heterocycles. The number of fused-ring (bicyclic) bond motifs is 1. The van der Waals surface area contributed by atoms with Crippen molar-refractivity contribution in [1.82, 2.24) is 24.5 Å². The third kappa shape index (κ3) is 1.62. The summed E-state index contributed by atoms with van der Waals surface area (Å²) in [5, 5.41) is 4.13. The third-order valence-corrected chi connectivity index (χ3v) is 2.22. The van der Waals surface area contributed by atoms with E-state index in [4.69, 9.17) is 0 Å². The molecule has 0 radical (unpaired) electrons. The number of amides is 1. The van der Waals surface area contributed by atoms with E-state index >= 15 is 0 Å². The van der Waals surface area contributed by atoms with E-state index in [1.807, 2.05) is 19.9 Å². The maximum atomic E-state index is 11.7. The molecule has 84 valence electrons. The second kappa shape index (κ2) is 3.55. The van der Waals surface area contributed by atoms with E-state index in [1.165, 1.54) is 4.90 Å². The Hall–Kier alpha value is -1.98. The first kappa shape index (κ1) is 10.5. The highest BCUT2D eigenvalue weighted by atomic mass is 16.2. The number of nitrogens with zero attached hydrogens (tertiary/aromatic N) is 5. The van der Waals surface area contributed by atoms with Crippen molar-refractivity contribution in [2.75, 3.05) is 14.1 Å². The first-order valence-electron chi connectivity index (χ1n) is 4.91. The SMILES string of the molecule is Cc1cc(C)n2nc(C(=O)N(C)C)nc2n1. The van der Waals surface area contributed by atoms with E-state index in [9.17, 15) is 4.79 Å². The highest BCUT2D eigenvalue weighted by Crippen LogP contribution is 2.06. The fourth-order valence-corrected chi connectivity index (χ4v) is 1.46. The standard InChI is InChI=1S/C10H13N5O/c1-6-5-7(2)15-10(11-6)12-8(13-15)9(16)14(3)4/h5H,1-4H3. The van der Waals surface area contributed by atoms with Crippen LogP contribution < -0.4 is 0 Å². The minimum atomic E-state index is -0.220. The van der Waals surface area contributed by atoms with Crippen LogP contribution in [0.2, 0.25) is 0 Å². The van der Waals surface area contributed by atoms with Gasteiger partial charge in [0, 0.05) is 25.5 Å². The second-order valence-electron chi connectivity index (χ2n) is 3.89. The molecule has 0 N–H and O–H groups in total. The number of carbonyl (C=O) groups is 1. The number of aryl methyl sites for hydroxylation is 2. The molecule has 0 aliphatic carbocycles. The van der Waals surface area contributed by atoms with E-state index in [-0.39, 0.29) is 11.7 Å². The van der Waals surface area contributed by atoms with Crippen molar-refractivity contribution in [2.24, 2.45) is 0 Å². The molecule has 0 saturated carbocycles. The van der Waals surface area contributed by atoms with Gasteiger partial charge in [0.15, 0.2) is 0 Å². The zero-order valence-electron chi connectivity index (χ0n) is 9.72. The summed E-state index contributed by atoms with van der Waals surface area (Å²) in [4.78, 5) is 21.4. The van der Waals surface area contributed by atoms with Crippen LogP contribution in [0.15, 0.2) is 6.07 Å². The van der Waals surface area contributed by atoms with Gasteiger partial charge in [0.05, 0.1) is 0 Å². The Morgan fingerprint density at radius 2 is 2.00 bits per heavy atom. The fraction of sp³-hybridized carbons (Fsp3) is 0.400. The van der Waals surface area contributed by atoms with Gasteiger partial charge in [-0.3, -0.25) is 4.79 Å². The van der Waals surface area contributed by atoms with E-state index in [1.54, 1.807) is 18.6 Å². The van der Waals surface area contributed by atoms with Crippen LogP contribution in [0.25, 0.3) is 5.78 Å². The van der Waals surface area contributed by atoms with Gasteiger partial charge < -0.3 is 4.90 Å². The van der Waals surface area contributed by atoms with Crippen molar-refractivity contribution >= 4 is 11.7 Å². The molecule has 6 nitrogen and oxygen atoms in total. The molecule has 0 aliphatic rings. The van der Waals surface area contributed by atoms with Gasteiger partial charge in [-0.05, 0) is 19.9 Å². The monoisotopic (exact) mass is 219 g/mol. The molecule has 0 fully saturated rings. The summed E-state index contributed by atoms with van der Waals surface area (Å²) in [6.45, 7) is 3.79. The van der Waals surface area contributed by atoms with Crippen LogP contribution in [0.1, 0.15) is 22.0 Å². The number of hydrogen-bond acceptors (Lipinski definition) is 4. The molecule has 2 aromatic rings. The van der Waals surface area contributed by atoms with Crippen molar-refractivity contribution in [3.8, 4) is 0 Å². The Labute approximate surface area is 92.9 Å². The van der Waals surface area contributed by atoms with Gasteiger partial charge in [-0.15, -0.1) is 5.10 Å². The van der Waals surface area contributed by atoms with Gasteiger partial charge in [0.25, 0.3) is 11.7 Å². The number of aromatic nitrogens is 4. The predicted octanol–water partition coefficient (Wildman–Crippen LogP) is 0.443. The van der Waals surface area contributed by atoms with Crippen molar-refractivity contribution in [3.63, 3.8) is 0 Å². The first-order valence-corrected chi connectivity index (χ1v) is 4.91. The molecule has 2 rings (SSSR count). The molecule has 0 bridgehead atoms. The zero-order valence-corrected chi connectivity index (χ0v) is 9.72. The zero-order chi connectivity index (χ0) is 11.9. The van der Waals surface area contributed by atoms with Crippen LogP contribution in [-0.4, -0.2) is 44.5 Å². The molecule has 0 unspecified atom stereocenters. The van der Waals surface area contributed by atoms with Crippen LogP contribution in [-0.2, 0) is 0 Å². The maximum Gasteiger partial charge on any atom is 0.293 e. The lowest BCUT2D eigenvalue weighted by Gasteiger charge is -2.05. The summed E-state index contributed by atoms with van der Waals surface area (Å²) < 4.78 is 1.57. The van der Waals surface area contributed by atoms with Gasteiger partial charge in [-0.1, -0.05) is 0 Å². The Bertz CT molecular complexity index is 558. The molecule has 0 spiro atoms. The van der Waals surface area contributed by atoms with Crippen molar-refractivity contribution in [1.29, 1.82) is 0 Å². The summed E-state index contributed by atoms with van der Waals surface area (Å²) >= 11 is 0. The van der Waals surface area contributed by atoms with Crippen LogP contribution in [0.3, 0.4) is 0 Å². The Balaban J connectivity index is 2.60. The predicted molar refractivity (Wildman–Crippen MR) is 58.3 cm³/mol. The second-order valence-corrected chi connectivity index (χ2v) is 3.89. The average molecular weight is 219 g/mol. The van der Waals surface area contributed by atoms with E-state index in [0.29, 0.717) is 5.78 Å². The lowest BCUT2D eigenvalue weighted by Crippen LogP contribution is -2.23. The largest absolute Gasteiger partial charge is 0.342 e. The van der Waals surface area contributed by atoms with Gasteiger partial charge in [-0.25, -0.2) is 9.50 Å². The van der Waals surface area contributed by atoms with Crippen molar-refractivity contribution in [2.45, 2.75) is 13.8 Å². The molecule has 0 atom stereocenters. The van der Waals surface area contributed by atoms with Gasteiger partial charge in [0.1, 0.15) is 0 Å². The number of rotatable bonds is 1. The molecule has 2 heterocycles. The van der Waals surface area contributed by atoms with Crippen LogP contribution in [0.4, 0.5) is 0 Å². The Morgan fingerprint density at radius 1 is 1.31 bits per heavy atom. The first-order chi connectivity index (χ1) is 7.49. The molecular weight excluding hydrogens is 206 g/mol. The lowest BCUT2D eigenvalue weighted by molar-refractivity contribution is 0.0816. The van der Waals surface area contributed by atoms with Gasteiger partial charge in [0.2, 0.25) is 5.82 Å². The number of carbonyl (C=O) groups excluding carboxylic acids is 1. The summed E-state index contributed by atoms with van der Waals surface area (Å²) in [6, 6.07) is 1.89. The van der Waals surface area contributed by atoms with Crippen molar-refractivity contribution < 1.29 is 4.79 Å². The smallest absolute Gasteiger partial charge is 0.293 e. The highest BCUT2D eigenvalue weighted by Gasteiger charge is 2.16. The molecular formula is C10H13N5O. The molecule has 1 amide bonds. The van der Waals surface area contributed by atoms with Crippen LogP contribution in [0.5, 0.6) is 0 Å². The van der Waals surface area contributed by atoms with Gasteiger partial charge >= 0.3 is 0 Å². The molecule has 0 aromatic carbocycles. The topological polar surface area (TPSA) is 63.4 Å². The van der Waals surface area contributed by atoms with Gasteiger partial charge in [-0.2, -0.15) is 4.98 Å². The normalized spacial score (nSPS) is 10.8. The molecule has 0 saturated heterocycles. The average Bonchev–Trinajstić information content (AvgIpc) is 2.60. The van der Waals surface area contributed by atoms with E-state index in [2.05, 4.69) is 15.1 Å². The fourth-order valence-electron chi connectivity index (χ4n) is 1.46. The number of hydrogen-bond donors (Lipinski definition) is 0. The summed E-state index contributed by atoms with van der Waals surface area (Å²) in [6.07, 6.45) is 0. The van der Waals surface area contributed by atoms with Crippen LogP contribution in [0, 0.1) is 13.8 Å². The van der Waals surface area contributed by atoms with Crippen LogP contribution >= 0.6 is 0 Å². The summed E-state index contributed by atoms with van der Waals surface area (Å²) in [7, 11) is 3.33. The third-order valence-electron chi connectivity index (χ3n) is 2.22. The Kier molecular flexibility index (Phi) is 2.34. The minimum absolute atomic E-state index is 0.172. The summed E-state index contributed by atoms with van der Waals surface area (Å²) in [5.41, 5.74) is 1.77. The van der Waals surface area contributed by atoms with Crippen molar-refractivity contribution in [3.05, 3.63) is 23.3 Å². The molecule has 16 heavy (non-hydrogen) atoms. The van der Waals surface area contributed by atoms with E-state index in [0.717, 1.165) is 11.4 Å².